The topological polar surface area (TPSA) is 103 Å². The highest BCUT2D eigenvalue weighted by Crippen LogP contribution is 2.18. The molecule has 0 fully saturated rings. The second-order valence-electron chi connectivity index (χ2n) is 4.42. The number of nitrogens with one attached hydrogen (secondary N) is 1. The molecule has 0 saturated carbocycles. The number of ether oxygens (including phenoxy) is 1. The van der Waals surface area contributed by atoms with Crippen LogP contribution in [0.15, 0.2) is 36.4 Å². The molecular formula is C14H16N4O3. The van der Waals surface area contributed by atoms with E-state index in [0.29, 0.717) is 12.4 Å². The van der Waals surface area contributed by atoms with Crippen molar-refractivity contribution in [2.24, 2.45) is 0 Å². The number of nitrogens with zero attached hydrogens (tertiary/aromatic N) is 2. The molecule has 0 unspecified atom stereocenters. The van der Waals surface area contributed by atoms with Crippen molar-refractivity contribution < 1.29 is 9.66 Å². The Morgan fingerprint density at radius 3 is 2.67 bits per heavy atom. The molecule has 0 saturated heterocycles. The molecule has 3 N–H and O–H groups in total. The fraction of sp³-hybridized carbons (Fsp3) is 0.214. The van der Waals surface area contributed by atoms with E-state index in [1.54, 1.807) is 7.11 Å². The molecule has 1 heterocycles. The summed E-state index contributed by atoms with van der Waals surface area (Å²) in [4.78, 5) is 14.3. The van der Waals surface area contributed by atoms with Gasteiger partial charge in [-0.2, -0.15) is 0 Å². The normalized spacial score (nSPS) is 10.1. The molecule has 0 atom stereocenters. The van der Waals surface area contributed by atoms with E-state index in [0.717, 1.165) is 17.7 Å². The molecule has 2 aromatic rings. The lowest BCUT2D eigenvalue weighted by molar-refractivity contribution is -0.384. The summed E-state index contributed by atoms with van der Waals surface area (Å²) in [5.41, 5.74) is 6.59. The van der Waals surface area contributed by atoms with E-state index >= 15 is 0 Å². The molecule has 0 bridgehead atoms. The number of benzene rings is 1. The van der Waals surface area contributed by atoms with Crippen LogP contribution in [0.1, 0.15) is 5.56 Å². The minimum absolute atomic E-state index is 0.0746. The monoisotopic (exact) mass is 288 g/mol. The van der Waals surface area contributed by atoms with Crippen molar-refractivity contribution in [2.45, 2.75) is 6.42 Å². The molecule has 7 heteroatoms. The van der Waals surface area contributed by atoms with Gasteiger partial charge in [0, 0.05) is 6.54 Å². The number of aromatic nitrogens is 1. The minimum atomic E-state index is -0.493. The number of pyridine rings is 1. The quantitative estimate of drug-likeness (QED) is 0.624. The molecule has 1 aromatic heterocycles. The lowest BCUT2D eigenvalue weighted by Gasteiger charge is -2.07. The molecular weight excluding hydrogens is 272 g/mol. The SMILES string of the molecule is COc1ccc(CCNc2cc([N+](=O)[O-])cc(N)n2)cc1. The summed E-state index contributed by atoms with van der Waals surface area (Å²) in [6.45, 7) is 0.597. The van der Waals surface area contributed by atoms with Crippen molar-refractivity contribution >= 4 is 17.3 Å². The van der Waals surface area contributed by atoms with Crippen molar-refractivity contribution in [3.8, 4) is 5.75 Å². The molecule has 0 aliphatic carbocycles. The first-order valence-corrected chi connectivity index (χ1v) is 6.37. The summed E-state index contributed by atoms with van der Waals surface area (Å²) in [5.74, 6) is 1.33. The molecule has 21 heavy (non-hydrogen) atoms. The number of hydrogen-bond acceptors (Lipinski definition) is 6. The van der Waals surface area contributed by atoms with Crippen molar-refractivity contribution in [3.63, 3.8) is 0 Å². The van der Waals surface area contributed by atoms with Crippen LogP contribution in [0.3, 0.4) is 0 Å². The van der Waals surface area contributed by atoms with Gasteiger partial charge in [-0.05, 0) is 24.1 Å². The Labute approximate surface area is 121 Å². The fourth-order valence-electron chi connectivity index (χ4n) is 1.86. The Balaban J connectivity index is 1.95. The summed E-state index contributed by atoms with van der Waals surface area (Å²) < 4.78 is 5.09. The van der Waals surface area contributed by atoms with E-state index in [2.05, 4.69) is 10.3 Å². The van der Waals surface area contributed by atoms with Gasteiger partial charge in [0.15, 0.2) is 0 Å². The maximum absolute atomic E-state index is 10.7. The third-order valence-corrected chi connectivity index (χ3v) is 2.92. The molecule has 7 nitrogen and oxygen atoms in total. The largest absolute Gasteiger partial charge is 0.497 e. The van der Waals surface area contributed by atoms with E-state index in [9.17, 15) is 10.1 Å². The van der Waals surface area contributed by atoms with E-state index in [-0.39, 0.29) is 11.5 Å². The van der Waals surface area contributed by atoms with Crippen LogP contribution in [0.2, 0.25) is 0 Å². The van der Waals surface area contributed by atoms with Crippen molar-refractivity contribution in [1.29, 1.82) is 0 Å². The molecule has 0 aliphatic rings. The van der Waals surface area contributed by atoms with Gasteiger partial charge in [0.2, 0.25) is 0 Å². The van der Waals surface area contributed by atoms with Crippen molar-refractivity contribution in [1.82, 2.24) is 4.98 Å². The van der Waals surface area contributed by atoms with Crippen molar-refractivity contribution in [2.75, 3.05) is 24.7 Å². The summed E-state index contributed by atoms with van der Waals surface area (Å²) in [5, 5.41) is 13.8. The number of hydrogen-bond donors (Lipinski definition) is 2. The Bertz CT molecular complexity index is 629. The highest BCUT2D eigenvalue weighted by Gasteiger charge is 2.09. The van der Waals surface area contributed by atoms with Crippen LogP contribution in [0.25, 0.3) is 0 Å². The maximum atomic E-state index is 10.7. The zero-order valence-corrected chi connectivity index (χ0v) is 11.6. The van der Waals surface area contributed by atoms with Crippen LogP contribution >= 0.6 is 0 Å². The molecule has 0 radical (unpaired) electrons. The smallest absolute Gasteiger partial charge is 0.276 e. The first kappa shape index (κ1) is 14.6. The minimum Gasteiger partial charge on any atom is -0.497 e. The predicted molar refractivity (Wildman–Crippen MR) is 80.5 cm³/mol. The summed E-state index contributed by atoms with van der Waals surface area (Å²) >= 11 is 0. The van der Waals surface area contributed by atoms with Crippen molar-refractivity contribution in [3.05, 3.63) is 52.1 Å². The van der Waals surface area contributed by atoms with E-state index < -0.39 is 4.92 Å². The number of anilines is 2. The van der Waals surface area contributed by atoms with Gasteiger partial charge in [0.05, 0.1) is 24.2 Å². The van der Waals surface area contributed by atoms with Gasteiger partial charge in [0.1, 0.15) is 17.4 Å². The lowest BCUT2D eigenvalue weighted by Crippen LogP contribution is -2.07. The second kappa shape index (κ2) is 6.56. The van der Waals surface area contributed by atoms with E-state index in [4.69, 9.17) is 10.5 Å². The average Bonchev–Trinajstić information content (AvgIpc) is 2.47. The third-order valence-electron chi connectivity index (χ3n) is 2.92. The Morgan fingerprint density at radius 1 is 1.33 bits per heavy atom. The molecule has 2 rings (SSSR count). The van der Waals surface area contributed by atoms with Gasteiger partial charge < -0.3 is 15.8 Å². The van der Waals surface area contributed by atoms with E-state index in [1.165, 1.54) is 12.1 Å². The molecule has 0 amide bonds. The van der Waals surface area contributed by atoms with Crippen LogP contribution in [-0.4, -0.2) is 23.6 Å². The molecule has 0 spiro atoms. The van der Waals surface area contributed by atoms with Gasteiger partial charge in [-0.1, -0.05) is 12.1 Å². The van der Waals surface area contributed by atoms with Crippen LogP contribution in [0, 0.1) is 10.1 Å². The highest BCUT2D eigenvalue weighted by molar-refractivity contribution is 5.52. The number of nitrogen functional groups attached to an aromatic ring is 1. The molecule has 1 aromatic carbocycles. The number of nitro groups is 1. The molecule has 110 valence electrons. The highest BCUT2D eigenvalue weighted by atomic mass is 16.6. The maximum Gasteiger partial charge on any atom is 0.276 e. The third kappa shape index (κ3) is 4.07. The van der Waals surface area contributed by atoms with Crippen LogP contribution in [0.5, 0.6) is 5.75 Å². The van der Waals surface area contributed by atoms with Crippen LogP contribution in [0.4, 0.5) is 17.3 Å². The standard InChI is InChI=1S/C14H16N4O3/c1-21-12-4-2-10(3-5-12)6-7-16-14-9-11(18(19)20)8-13(15)17-14/h2-5,8-9H,6-7H2,1H3,(H3,15,16,17). The zero-order valence-electron chi connectivity index (χ0n) is 11.6. The Morgan fingerprint density at radius 2 is 2.05 bits per heavy atom. The summed E-state index contributed by atoms with van der Waals surface area (Å²) in [6.07, 6.45) is 0.758. The van der Waals surface area contributed by atoms with Crippen LogP contribution < -0.4 is 15.8 Å². The zero-order chi connectivity index (χ0) is 15.2. The summed E-state index contributed by atoms with van der Waals surface area (Å²) in [7, 11) is 1.62. The second-order valence-corrected chi connectivity index (χ2v) is 4.42. The lowest BCUT2D eigenvalue weighted by atomic mass is 10.1. The first-order valence-electron chi connectivity index (χ1n) is 6.37. The van der Waals surface area contributed by atoms with Gasteiger partial charge >= 0.3 is 0 Å². The van der Waals surface area contributed by atoms with Gasteiger partial charge in [-0.15, -0.1) is 0 Å². The first-order chi connectivity index (χ1) is 10.1. The summed E-state index contributed by atoms with van der Waals surface area (Å²) in [6, 6.07) is 10.3. The Kier molecular flexibility index (Phi) is 4.55. The number of nitrogens with two attached hydrogens (primary N) is 1. The van der Waals surface area contributed by atoms with Gasteiger partial charge in [-0.3, -0.25) is 10.1 Å². The fourth-order valence-corrected chi connectivity index (χ4v) is 1.86. The van der Waals surface area contributed by atoms with Gasteiger partial charge in [0.25, 0.3) is 5.69 Å². The predicted octanol–water partition coefficient (Wildman–Crippen LogP) is 2.24. The molecule has 0 aliphatic heterocycles. The Hall–Kier alpha value is -2.83. The van der Waals surface area contributed by atoms with Gasteiger partial charge in [-0.25, -0.2) is 4.98 Å². The number of methoxy groups -OCH3 is 1. The van der Waals surface area contributed by atoms with Crippen LogP contribution in [-0.2, 0) is 6.42 Å². The van der Waals surface area contributed by atoms with E-state index in [1.807, 2.05) is 24.3 Å². The number of rotatable bonds is 6. The average molecular weight is 288 g/mol.